The molecule has 0 radical (unpaired) electrons. The van der Waals surface area contributed by atoms with Crippen LogP contribution in [0.2, 0.25) is 0 Å². The predicted molar refractivity (Wildman–Crippen MR) is 274 cm³/mol. The van der Waals surface area contributed by atoms with Crippen molar-refractivity contribution in [1.29, 1.82) is 0 Å². The highest BCUT2D eigenvalue weighted by molar-refractivity contribution is 7.90. The third kappa shape index (κ3) is 14.9. The van der Waals surface area contributed by atoms with E-state index in [4.69, 9.17) is 23.7 Å². The number of Topliss-reactive ketones (excluding diaryl/α,β-unsaturated/α-hetero) is 2. The fraction of sp³-hybridized carbons (Fsp3) is 0.745. The van der Waals surface area contributed by atoms with Crippen LogP contribution in [-0.2, 0) is 52.9 Å². The lowest BCUT2D eigenvalue weighted by molar-refractivity contribution is -0.264. The van der Waals surface area contributed by atoms with Crippen molar-refractivity contribution in [3.8, 4) is 0 Å². The quantitative estimate of drug-likeness (QED) is 0.134. The van der Waals surface area contributed by atoms with Crippen LogP contribution in [0.15, 0.2) is 59.8 Å². The third-order valence-electron chi connectivity index (χ3n) is 16.1. The highest BCUT2D eigenvalue weighted by Gasteiger charge is 2.54. The SMILES string of the molecule is C=C1C(C)CC(C)/C=C/C=C/C=C(\C)C(N2CCS2(=O)=O)CC2CCC(C)C(O)(O2)C(=O)C(=O)N2CCCCC2C(=O)OC(C(C)CC2CCC(OCCO)C(OC)C2)CC(=O)C(C)/C=C(\C)C(O)C1OC. The number of rotatable bonds is 9. The van der Waals surface area contributed by atoms with Gasteiger partial charge in [-0.05, 0) is 119 Å². The molecule has 0 aromatic carbocycles. The van der Waals surface area contributed by atoms with E-state index in [1.807, 2.05) is 45.1 Å². The number of fused-ring (bicyclic) bond motifs is 3. The maximum Gasteiger partial charge on any atom is 0.329 e. The first-order valence-electron chi connectivity index (χ1n) is 26.4. The minimum Gasteiger partial charge on any atom is -0.460 e. The van der Waals surface area contributed by atoms with Gasteiger partial charge in [-0.2, -0.15) is 4.31 Å². The number of ether oxygens (including phenoxy) is 5. The van der Waals surface area contributed by atoms with Crippen LogP contribution in [0.3, 0.4) is 0 Å². The second kappa shape index (κ2) is 26.9. The Morgan fingerprint density at radius 3 is 2.28 bits per heavy atom. The number of methoxy groups -OCH3 is 2. The molecule has 5 aliphatic rings. The number of cyclic esters (lactones) is 1. The molecule has 1 aliphatic carbocycles. The molecule has 15 unspecified atom stereocenters. The van der Waals surface area contributed by atoms with Crippen LogP contribution >= 0.6 is 0 Å². The first-order chi connectivity index (χ1) is 34.1. The molecular formula is C55H86N2O14S. The molecule has 2 bridgehead atoms. The molecule has 4 heterocycles. The van der Waals surface area contributed by atoms with Gasteiger partial charge < -0.3 is 43.9 Å². The van der Waals surface area contributed by atoms with Gasteiger partial charge in [0, 0.05) is 51.6 Å². The average Bonchev–Trinajstić information content (AvgIpc) is 3.35. The number of amides is 1. The lowest BCUT2D eigenvalue weighted by atomic mass is 9.78. The van der Waals surface area contributed by atoms with Gasteiger partial charge in [0.2, 0.25) is 15.8 Å². The molecule has 406 valence electrons. The summed E-state index contributed by atoms with van der Waals surface area (Å²) < 4.78 is 57.6. The van der Waals surface area contributed by atoms with Gasteiger partial charge in [0.1, 0.15) is 30.1 Å². The van der Waals surface area contributed by atoms with Crippen molar-refractivity contribution < 1.29 is 66.6 Å². The van der Waals surface area contributed by atoms with Crippen LogP contribution in [0.25, 0.3) is 0 Å². The number of piperidine rings is 1. The van der Waals surface area contributed by atoms with Gasteiger partial charge in [-0.15, -0.1) is 0 Å². The highest BCUT2D eigenvalue weighted by Crippen LogP contribution is 2.39. The largest absolute Gasteiger partial charge is 0.460 e. The Balaban J connectivity index is 1.49. The number of carbonyl (C=O) groups excluding carboxylic acids is 4. The second-order valence-electron chi connectivity index (χ2n) is 21.5. The fourth-order valence-corrected chi connectivity index (χ4v) is 12.7. The van der Waals surface area contributed by atoms with Crippen molar-refractivity contribution >= 4 is 33.5 Å². The molecule has 4 aliphatic heterocycles. The first kappa shape index (κ1) is 59.5. The van der Waals surface area contributed by atoms with Crippen molar-refractivity contribution in [2.24, 2.45) is 35.5 Å². The number of nitrogens with zero attached hydrogens (tertiary/aromatic N) is 2. The number of hydrogen-bond acceptors (Lipinski definition) is 14. The van der Waals surface area contributed by atoms with Crippen LogP contribution in [0.4, 0.5) is 0 Å². The van der Waals surface area contributed by atoms with Gasteiger partial charge in [0.15, 0.2) is 0 Å². The molecule has 3 saturated heterocycles. The van der Waals surface area contributed by atoms with Crippen molar-refractivity contribution in [1.82, 2.24) is 9.21 Å². The van der Waals surface area contributed by atoms with Gasteiger partial charge in [0.25, 0.3) is 11.7 Å². The average molecular weight is 1030 g/mol. The van der Waals surface area contributed by atoms with E-state index in [0.717, 1.165) is 12.0 Å². The standard InChI is InChI=1S/C55H86N2O14S/c1-34-16-12-11-13-17-35(2)45(57-24-27-72(57,65)66)32-43-21-19-40(7)55(64,71-43)52(61)53(62)56-23-15-14-18-44(56)54(63)70-48(38(5)30-42-20-22-47(69-26-25-58)49(31-42)67-9)33-46(59)37(4)29-39(6)50(60)51(68-10)41(8)36(3)28-34/h11-13,16-17,29,34,36-38,40,42-45,47-51,58,60,64H,8,14-15,18-28,30-33H2,1-7,9-10H3/b13-11+,16-12+,35-17+,39-29+. The molecule has 4 fully saturated rings. The van der Waals surface area contributed by atoms with Crippen LogP contribution in [0.1, 0.15) is 126 Å². The summed E-state index contributed by atoms with van der Waals surface area (Å²) in [6.07, 6.45) is 12.7. The van der Waals surface area contributed by atoms with Gasteiger partial charge >= 0.3 is 5.97 Å². The van der Waals surface area contributed by atoms with E-state index in [0.29, 0.717) is 69.1 Å². The number of sulfonamides is 1. The summed E-state index contributed by atoms with van der Waals surface area (Å²) in [4.78, 5) is 58.9. The van der Waals surface area contributed by atoms with E-state index in [1.165, 1.54) is 16.3 Å². The van der Waals surface area contributed by atoms with Crippen LogP contribution in [0.5, 0.6) is 0 Å². The van der Waals surface area contributed by atoms with E-state index in [1.54, 1.807) is 34.0 Å². The van der Waals surface area contributed by atoms with Crippen LogP contribution in [0, 0.1) is 35.5 Å². The highest BCUT2D eigenvalue weighted by atomic mass is 32.2. The number of aliphatic hydroxyl groups is 3. The van der Waals surface area contributed by atoms with E-state index in [-0.39, 0.29) is 86.4 Å². The van der Waals surface area contributed by atoms with Crippen molar-refractivity contribution in [2.75, 3.05) is 46.3 Å². The van der Waals surface area contributed by atoms with E-state index in [9.17, 15) is 42.9 Å². The summed E-state index contributed by atoms with van der Waals surface area (Å²) in [5.41, 5.74) is 1.97. The van der Waals surface area contributed by atoms with E-state index in [2.05, 4.69) is 19.6 Å². The smallest absolute Gasteiger partial charge is 0.329 e. The zero-order chi connectivity index (χ0) is 53.1. The number of allylic oxidation sites excluding steroid dienone is 6. The summed E-state index contributed by atoms with van der Waals surface area (Å²) in [5, 5.41) is 33.2. The molecule has 5 rings (SSSR count). The topological polar surface area (TPSA) is 216 Å². The maximum atomic E-state index is 14.6. The molecule has 3 N–H and O–H groups in total. The maximum absolute atomic E-state index is 14.6. The Morgan fingerprint density at radius 1 is 0.889 bits per heavy atom. The van der Waals surface area contributed by atoms with Gasteiger partial charge in [-0.25, -0.2) is 13.2 Å². The van der Waals surface area contributed by atoms with Crippen LogP contribution < -0.4 is 0 Å². The minimum atomic E-state index is -3.54. The molecule has 1 saturated carbocycles. The zero-order valence-electron chi connectivity index (χ0n) is 44.4. The molecule has 15 atom stereocenters. The fourth-order valence-electron chi connectivity index (χ4n) is 11.4. The third-order valence-corrected chi connectivity index (χ3v) is 18.0. The molecular weight excluding hydrogens is 945 g/mol. The predicted octanol–water partition coefficient (Wildman–Crippen LogP) is 6.18. The lowest BCUT2D eigenvalue weighted by Crippen LogP contribution is -2.61. The van der Waals surface area contributed by atoms with Crippen molar-refractivity contribution in [3.63, 3.8) is 0 Å². The number of esters is 1. The number of hydrogen-bond donors (Lipinski definition) is 3. The minimum absolute atomic E-state index is 0.00474. The number of ketones is 2. The summed E-state index contributed by atoms with van der Waals surface area (Å²) in [7, 11) is -0.392. The Hall–Kier alpha value is -3.39. The van der Waals surface area contributed by atoms with E-state index >= 15 is 0 Å². The van der Waals surface area contributed by atoms with Crippen LogP contribution in [-0.4, -0.2) is 157 Å². The number of carbonyl (C=O) groups is 4. The van der Waals surface area contributed by atoms with Gasteiger partial charge in [-0.3, -0.25) is 14.4 Å². The number of aliphatic hydroxyl groups excluding tert-OH is 2. The molecule has 0 aromatic rings. The first-order valence-corrected chi connectivity index (χ1v) is 28.0. The van der Waals surface area contributed by atoms with Crippen molar-refractivity contribution in [2.45, 2.75) is 180 Å². The monoisotopic (exact) mass is 1030 g/mol. The summed E-state index contributed by atoms with van der Waals surface area (Å²) >= 11 is 0. The molecule has 72 heavy (non-hydrogen) atoms. The molecule has 1 amide bonds. The Labute approximate surface area is 429 Å². The van der Waals surface area contributed by atoms with Crippen molar-refractivity contribution in [3.05, 3.63) is 59.8 Å². The normalized spacial score (nSPS) is 39.6. The molecule has 0 aromatic heterocycles. The van der Waals surface area contributed by atoms with Gasteiger partial charge in [-0.1, -0.05) is 83.2 Å². The second-order valence-corrected chi connectivity index (χ2v) is 23.6. The molecule has 0 spiro atoms. The zero-order valence-corrected chi connectivity index (χ0v) is 45.2. The Bertz CT molecular complexity index is 2120. The summed E-state index contributed by atoms with van der Waals surface area (Å²) in [5.74, 6) is -7.44. The Kier molecular flexibility index (Phi) is 22.2. The molecule has 17 heteroatoms. The lowest BCUT2D eigenvalue weighted by Gasteiger charge is -2.44. The summed E-state index contributed by atoms with van der Waals surface area (Å²) in [6.45, 7) is 17.8. The van der Waals surface area contributed by atoms with E-state index < -0.39 is 81.8 Å². The summed E-state index contributed by atoms with van der Waals surface area (Å²) in [6, 6.07) is -1.81. The van der Waals surface area contributed by atoms with Gasteiger partial charge in [0.05, 0.1) is 37.3 Å². The Morgan fingerprint density at radius 2 is 1.62 bits per heavy atom. The molecule has 16 nitrogen and oxygen atoms in total.